The van der Waals surface area contributed by atoms with Gasteiger partial charge in [0.05, 0.1) is 24.0 Å². The predicted octanol–water partition coefficient (Wildman–Crippen LogP) is 3.32. The van der Waals surface area contributed by atoms with Crippen LogP contribution in [0, 0.1) is 5.82 Å². The van der Waals surface area contributed by atoms with E-state index < -0.39 is 11.7 Å². The van der Waals surface area contributed by atoms with Crippen LogP contribution in [0.3, 0.4) is 0 Å². The van der Waals surface area contributed by atoms with Crippen LogP contribution in [0.4, 0.5) is 15.8 Å². The lowest BCUT2D eigenvalue weighted by Crippen LogP contribution is -2.14. The van der Waals surface area contributed by atoms with Crippen molar-refractivity contribution in [1.29, 1.82) is 0 Å². The maximum Gasteiger partial charge on any atom is 0.259 e. The number of amides is 1. The first kappa shape index (κ1) is 14.1. The molecule has 0 bridgehead atoms. The van der Waals surface area contributed by atoms with Crippen LogP contribution >= 0.6 is 11.6 Å². The molecular weight excluding hydrogens is 283 g/mol. The third-order valence-electron chi connectivity index (χ3n) is 2.67. The van der Waals surface area contributed by atoms with E-state index in [1.807, 2.05) is 0 Å². The van der Waals surface area contributed by atoms with Gasteiger partial charge in [0, 0.05) is 5.02 Å². The van der Waals surface area contributed by atoms with E-state index in [2.05, 4.69) is 5.32 Å². The molecule has 6 heteroatoms. The molecule has 4 nitrogen and oxygen atoms in total. The lowest BCUT2D eigenvalue weighted by molar-refractivity contribution is 0.102. The molecule has 3 N–H and O–H groups in total. The number of rotatable bonds is 3. The molecule has 0 aromatic heterocycles. The van der Waals surface area contributed by atoms with Crippen LogP contribution < -0.4 is 15.8 Å². The van der Waals surface area contributed by atoms with Gasteiger partial charge in [-0.05, 0) is 36.4 Å². The number of anilines is 2. The second-order valence-electron chi connectivity index (χ2n) is 4.03. The standard InChI is InChI=1S/C14H12ClFN2O2/c1-20-13-5-2-8(15)6-10(13)14(19)18-12-4-3-9(16)7-11(12)17/h2-7H,17H2,1H3,(H,18,19). The molecule has 0 saturated heterocycles. The zero-order valence-corrected chi connectivity index (χ0v) is 11.4. The number of benzene rings is 2. The molecule has 0 aliphatic carbocycles. The Hall–Kier alpha value is -2.27. The Balaban J connectivity index is 2.30. The minimum atomic E-state index is -0.471. The molecule has 0 aliphatic heterocycles. The number of carbonyl (C=O) groups excluding carboxylic acids is 1. The minimum absolute atomic E-state index is 0.138. The summed E-state index contributed by atoms with van der Waals surface area (Å²) in [5, 5.41) is 2.99. The number of hydrogen-bond acceptors (Lipinski definition) is 3. The van der Waals surface area contributed by atoms with Crippen molar-refractivity contribution in [2.75, 3.05) is 18.2 Å². The van der Waals surface area contributed by atoms with Crippen molar-refractivity contribution in [1.82, 2.24) is 0 Å². The third-order valence-corrected chi connectivity index (χ3v) is 2.90. The van der Waals surface area contributed by atoms with Gasteiger partial charge in [0.1, 0.15) is 11.6 Å². The highest BCUT2D eigenvalue weighted by molar-refractivity contribution is 6.31. The smallest absolute Gasteiger partial charge is 0.259 e. The molecule has 2 rings (SSSR count). The molecule has 0 fully saturated rings. The van der Waals surface area contributed by atoms with E-state index in [-0.39, 0.29) is 11.3 Å². The molecule has 0 saturated carbocycles. The quantitative estimate of drug-likeness (QED) is 0.854. The van der Waals surface area contributed by atoms with Gasteiger partial charge in [-0.3, -0.25) is 4.79 Å². The zero-order valence-electron chi connectivity index (χ0n) is 10.6. The normalized spacial score (nSPS) is 10.2. The minimum Gasteiger partial charge on any atom is -0.496 e. The number of nitrogens with one attached hydrogen (secondary N) is 1. The molecule has 2 aromatic carbocycles. The molecule has 20 heavy (non-hydrogen) atoms. The SMILES string of the molecule is COc1ccc(Cl)cc1C(=O)Nc1ccc(F)cc1N. The number of hydrogen-bond donors (Lipinski definition) is 2. The van der Waals surface area contributed by atoms with Gasteiger partial charge in [0.15, 0.2) is 0 Å². The van der Waals surface area contributed by atoms with Gasteiger partial charge in [-0.2, -0.15) is 0 Å². The summed E-state index contributed by atoms with van der Waals surface area (Å²) in [5.41, 5.74) is 6.36. The average Bonchev–Trinajstić information content (AvgIpc) is 2.41. The fourth-order valence-corrected chi connectivity index (χ4v) is 1.87. The summed E-state index contributed by atoms with van der Waals surface area (Å²) in [5.74, 6) is -0.531. The molecule has 104 valence electrons. The Morgan fingerprint density at radius 3 is 2.70 bits per heavy atom. The van der Waals surface area contributed by atoms with Crippen molar-refractivity contribution in [2.24, 2.45) is 0 Å². The lowest BCUT2D eigenvalue weighted by Gasteiger charge is -2.11. The van der Waals surface area contributed by atoms with Gasteiger partial charge >= 0.3 is 0 Å². The van der Waals surface area contributed by atoms with Crippen molar-refractivity contribution in [3.63, 3.8) is 0 Å². The Morgan fingerprint density at radius 1 is 1.30 bits per heavy atom. The van der Waals surface area contributed by atoms with Crippen molar-refractivity contribution in [2.45, 2.75) is 0 Å². The largest absolute Gasteiger partial charge is 0.496 e. The van der Waals surface area contributed by atoms with Crippen LogP contribution in [0.25, 0.3) is 0 Å². The van der Waals surface area contributed by atoms with E-state index in [1.165, 1.54) is 25.3 Å². The molecule has 0 unspecified atom stereocenters. The zero-order chi connectivity index (χ0) is 14.7. The van der Waals surface area contributed by atoms with Gasteiger partial charge in [-0.1, -0.05) is 11.6 Å². The van der Waals surface area contributed by atoms with E-state index >= 15 is 0 Å². The third kappa shape index (κ3) is 3.00. The summed E-state index contributed by atoms with van der Waals surface area (Å²) in [6.45, 7) is 0. The van der Waals surface area contributed by atoms with E-state index in [4.69, 9.17) is 22.1 Å². The van der Waals surface area contributed by atoms with Crippen molar-refractivity contribution in [3.8, 4) is 5.75 Å². The van der Waals surface area contributed by atoms with E-state index in [0.717, 1.165) is 6.07 Å². The molecule has 2 aromatic rings. The van der Waals surface area contributed by atoms with Crippen molar-refractivity contribution >= 4 is 28.9 Å². The van der Waals surface area contributed by atoms with Crippen molar-refractivity contribution in [3.05, 3.63) is 52.8 Å². The average molecular weight is 295 g/mol. The van der Waals surface area contributed by atoms with Crippen LogP contribution in [0.1, 0.15) is 10.4 Å². The van der Waals surface area contributed by atoms with Crippen LogP contribution in [0.5, 0.6) is 5.75 Å². The second-order valence-corrected chi connectivity index (χ2v) is 4.47. The Bertz CT molecular complexity index is 662. The highest BCUT2D eigenvalue weighted by atomic mass is 35.5. The summed E-state index contributed by atoms with van der Waals surface area (Å²) in [7, 11) is 1.45. The van der Waals surface area contributed by atoms with Crippen LogP contribution in [-0.2, 0) is 0 Å². The predicted molar refractivity (Wildman–Crippen MR) is 76.8 cm³/mol. The Labute approximate surface area is 120 Å². The van der Waals surface area contributed by atoms with E-state index in [0.29, 0.717) is 16.5 Å². The highest BCUT2D eigenvalue weighted by Crippen LogP contribution is 2.25. The first-order chi connectivity index (χ1) is 9.51. The monoisotopic (exact) mass is 294 g/mol. The number of halogens is 2. The number of nitrogens with two attached hydrogens (primary N) is 1. The first-order valence-electron chi connectivity index (χ1n) is 5.71. The highest BCUT2D eigenvalue weighted by Gasteiger charge is 2.14. The molecule has 1 amide bonds. The summed E-state index contributed by atoms with van der Waals surface area (Å²) >= 11 is 5.86. The second kappa shape index (κ2) is 5.79. The maximum absolute atomic E-state index is 12.9. The molecule has 0 aliphatic rings. The van der Waals surface area contributed by atoms with Gasteiger partial charge in [0.25, 0.3) is 5.91 Å². The van der Waals surface area contributed by atoms with Crippen LogP contribution in [0.15, 0.2) is 36.4 Å². The van der Waals surface area contributed by atoms with E-state index in [9.17, 15) is 9.18 Å². The van der Waals surface area contributed by atoms with Gasteiger partial charge in [-0.15, -0.1) is 0 Å². The number of ether oxygens (including phenoxy) is 1. The molecule has 0 heterocycles. The molecule has 0 atom stereocenters. The summed E-state index contributed by atoms with van der Waals surface area (Å²) < 4.78 is 18.0. The van der Waals surface area contributed by atoms with Crippen LogP contribution in [-0.4, -0.2) is 13.0 Å². The maximum atomic E-state index is 12.9. The number of carbonyl (C=O) groups is 1. The number of nitrogen functional groups attached to an aromatic ring is 1. The summed E-state index contributed by atoms with van der Waals surface area (Å²) in [6.07, 6.45) is 0. The van der Waals surface area contributed by atoms with Crippen LogP contribution in [0.2, 0.25) is 5.02 Å². The molecule has 0 radical (unpaired) electrons. The van der Waals surface area contributed by atoms with E-state index in [1.54, 1.807) is 12.1 Å². The Kier molecular flexibility index (Phi) is 4.10. The lowest BCUT2D eigenvalue weighted by atomic mass is 10.1. The van der Waals surface area contributed by atoms with Crippen molar-refractivity contribution < 1.29 is 13.9 Å². The van der Waals surface area contributed by atoms with Gasteiger partial charge in [-0.25, -0.2) is 4.39 Å². The van der Waals surface area contributed by atoms with Gasteiger partial charge < -0.3 is 15.8 Å². The number of methoxy groups -OCH3 is 1. The Morgan fingerprint density at radius 2 is 2.05 bits per heavy atom. The molecular formula is C14H12ClFN2O2. The molecule has 0 spiro atoms. The topological polar surface area (TPSA) is 64.3 Å². The van der Waals surface area contributed by atoms with Gasteiger partial charge in [0.2, 0.25) is 0 Å². The first-order valence-corrected chi connectivity index (χ1v) is 6.09. The summed E-state index contributed by atoms with van der Waals surface area (Å²) in [4.78, 5) is 12.2. The summed E-state index contributed by atoms with van der Waals surface area (Å²) in [6, 6.07) is 8.41. The fourth-order valence-electron chi connectivity index (χ4n) is 1.69. The fraction of sp³-hybridized carbons (Fsp3) is 0.0714.